The summed E-state index contributed by atoms with van der Waals surface area (Å²) in [4.78, 5) is 15.8. The van der Waals surface area contributed by atoms with Gasteiger partial charge in [-0.15, -0.1) is 0 Å². The Kier molecular flexibility index (Phi) is 5.95. The lowest BCUT2D eigenvalue weighted by molar-refractivity contribution is -0.142. The van der Waals surface area contributed by atoms with Crippen LogP contribution in [0.25, 0.3) is 0 Å². The van der Waals surface area contributed by atoms with E-state index < -0.39 is 15.4 Å². The third kappa shape index (κ3) is 3.89. The Morgan fingerprint density at radius 2 is 1.50 bits per heavy atom. The van der Waals surface area contributed by atoms with E-state index in [0.717, 1.165) is 11.1 Å². The van der Waals surface area contributed by atoms with Crippen molar-refractivity contribution in [2.75, 3.05) is 39.4 Å². The van der Waals surface area contributed by atoms with Crippen LogP contribution < -0.4 is 0 Å². The van der Waals surface area contributed by atoms with E-state index in [1.54, 1.807) is 24.3 Å². The summed E-state index contributed by atoms with van der Waals surface area (Å²) in [5, 5.41) is 0. The van der Waals surface area contributed by atoms with E-state index >= 15 is 0 Å². The molecule has 2 saturated heterocycles. The molecule has 0 unspecified atom stereocenters. The van der Waals surface area contributed by atoms with Gasteiger partial charge in [-0.3, -0.25) is 4.79 Å². The first kappa shape index (κ1) is 21.0. The molecule has 0 bridgehead atoms. The number of hydrogen-bond donors (Lipinski definition) is 0. The second-order valence-electron chi connectivity index (χ2n) is 8.07. The van der Waals surface area contributed by atoms with Gasteiger partial charge >= 0.3 is 0 Å². The van der Waals surface area contributed by atoms with Crippen molar-refractivity contribution < 1.29 is 17.9 Å². The highest BCUT2D eigenvalue weighted by Crippen LogP contribution is 2.37. The lowest BCUT2D eigenvalue weighted by Crippen LogP contribution is -2.56. The predicted molar refractivity (Wildman–Crippen MR) is 115 cm³/mol. The van der Waals surface area contributed by atoms with E-state index in [4.69, 9.17) is 4.74 Å². The van der Waals surface area contributed by atoms with Crippen molar-refractivity contribution in [2.45, 2.75) is 30.1 Å². The van der Waals surface area contributed by atoms with E-state index in [9.17, 15) is 13.2 Å². The molecule has 2 fully saturated rings. The molecular weight excluding hydrogens is 400 g/mol. The first-order chi connectivity index (χ1) is 14.4. The maximum atomic E-state index is 13.6. The Labute approximate surface area is 178 Å². The number of amides is 1. The van der Waals surface area contributed by atoms with Gasteiger partial charge in [-0.25, -0.2) is 8.42 Å². The molecule has 0 atom stereocenters. The molecule has 0 aromatic heterocycles. The van der Waals surface area contributed by atoms with E-state index in [-0.39, 0.29) is 5.91 Å². The summed E-state index contributed by atoms with van der Waals surface area (Å²) < 4.78 is 33.0. The van der Waals surface area contributed by atoms with Crippen molar-refractivity contribution in [3.8, 4) is 0 Å². The number of carbonyl (C=O) groups is 1. The second-order valence-corrected chi connectivity index (χ2v) is 10.0. The third-order valence-electron chi connectivity index (χ3n) is 6.27. The largest absolute Gasteiger partial charge is 0.381 e. The molecule has 0 aliphatic carbocycles. The fourth-order valence-corrected chi connectivity index (χ4v) is 5.82. The number of piperazine rings is 1. The number of benzene rings is 2. The number of carbonyl (C=O) groups excluding carboxylic acids is 1. The highest BCUT2D eigenvalue weighted by atomic mass is 32.2. The minimum atomic E-state index is -3.54. The van der Waals surface area contributed by atoms with Crippen molar-refractivity contribution in [3.63, 3.8) is 0 Å². The van der Waals surface area contributed by atoms with Gasteiger partial charge in [0.05, 0.1) is 10.3 Å². The lowest BCUT2D eigenvalue weighted by atomic mass is 9.73. The van der Waals surface area contributed by atoms with Crippen LogP contribution in [0, 0.1) is 6.92 Å². The van der Waals surface area contributed by atoms with Crippen LogP contribution in [0.4, 0.5) is 0 Å². The summed E-state index contributed by atoms with van der Waals surface area (Å²) in [7, 11) is -3.54. The molecule has 6 nitrogen and oxygen atoms in total. The van der Waals surface area contributed by atoms with E-state index in [1.165, 1.54) is 4.31 Å². The fraction of sp³-hybridized carbons (Fsp3) is 0.435. The van der Waals surface area contributed by atoms with Crippen LogP contribution in [0.2, 0.25) is 0 Å². The van der Waals surface area contributed by atoms with Gasteiger partial charge in [0.25, 0.3) is 0 Å². The summed E-state index contributed by atoms with van der Waals surface area (Å²) in [5.74, 6) is 0.0874. The number of hydrogen-bond acceptors (Lipinski definition) is 4. The van der Waals surface area contributed by atoms with Crippen molar-refractivity contribution in [3.05, 3.63) is 65.7 Å². The van der Waals surface area contributed by atoms with Gasteiger partial charge in [-0.1, -0.05) is 48.0 Å². The normalized spacial score (nSPS) is 20.1. The third-order valence-corrected chi connectivity index (χ3v) is 8.18. The summed E-state index contributed by atoms with van der Waals surface area (Å²) in [6.45, 7) is 4.47. The topological polar surface area (TPSA) is 66.9 Å². The molecule has 30 heavy (non-hydrogen) atoms. The van der Waals surface area contributed by atoms with Gasteiger partial charge < -0.3 is 9.64 Å². The molecular formula is C23H28N2O4S. The smallest absolute Gasteiger partial charge is 0.243 e. The molecule has 160 valence electrons. The van der Waals surface area contributed by atoms with Crippen LogP contribution in [0.3, 0.4) is 0 Å². The van der Waals surface area contributed by atoms with E-state index in [1.807, 2.05) is 42.2 Å². The average molecular weight is 429 g/mol. The van der Waals surface area contributed by atoms with Crippen LogP contribution in [0.5, 0.6) is 0 Å². The molecule has 0 saturated carbocycles. The summed E-state index contributed by atoms with van der Waals surface area (Å²) in [6, 6.07) is 16.8. The molecule has 7 heteroatoms. The summed E-state index contributed by atoms with van der Waals surface area (Å²) in [6.07, 6.45) is 1.30. The standard InChI is InChI=1S/C23H28N2O4S/c1-19-7-9-21(10-8-19)30(27,28)25-15-13-24(14-16-25)22(26)23(11-17-29-18-12-23)20-5-3-2-4-6-20/h2-10H,11-18H2,1H3. The van der Waals surface area contributed by atoms with Crippen LogP contribution in [-0.4, -0.2) is 62.9 Å². The number of sulfonamides is 1. The minimum absolute atomic E-state index is 0.0874. The molecule has 2 aliphatic heterocycles. The average Bonchev–Trinajstić information content (AvgIpc) is 2.80. The van der Waals surface area contributed by atoms with Crippen LogP contribution >= 0.6 is 0 Å². The fourth-order valence-electron chi connectivity index (χ4n) is 4.40. The summed E-state index contributed by atoms with van der Waals surface area (Å²) in [5.41, 5.74) is 1.46. The molecule has 2 aromatic rings. The quantitative estimate of drug-likeness (QED) is 0.751. The van der Waals surface area contributed by atoms with E-state index in [2.05, 4.69) is 0 Å². The highest BCUT2D eigenvalue weighted by molar-refractivity contribution is 7.89. The van der Waals surface area contributed by atoms with Gasteiger partial charge in [-0.2, -0.15) is 4.31 Å². The molecule has 2 aliphatic rings. The molecule has 0 radical (unpaired) electrons. The highest BCUT2D eigenvalue weighted by Gasteiger charge is 2.45. The zero-order valence-electron chi connectivity index (χ0n) is 17.3. The molecule has 0 N–H and O–H groups in total. The number of rotatable bonds is 4. The Morgan fingerprint density at radius 3 is 2.10 bits per heavy atom. The number of nitrogens with zero attached hydrogens (tertiary/aromatic N) is 2. The van der Waals surface area contributed by atoms with Gasteiger partial charge in [0.2, 0.25) is 15.9 Å². The van der Waals surface area contributed by atoms with Gasteiger partial charge in [0, 0.05) is 39.4 Å². The first-order valence-electron chi connectivity index (χ1n) is 10.4. The zero-order valence-corrected chi connectivity index (χ0v) is 18.1. The van der Waals surface area contributed by atoms with Gasteiger partial charge in [0.1, 0.15) is 0 Å². The Balaban J connectivity index is 1.50. The lowest BCUT2D eigenvalue weighted by Gasteiger charge is -2.42. The maximum absolute atomic E-state index is 13.6. The minimum Gasteiger partial charge on any atom is -0.381 e. The van der Waals surface area contributed by atoms with Gasteiger partial charge in [0.15, 0.2) is 0 Å². The molecule has 1 amide bonds. The number of aryl methyl sites for hydroxylation is 1. The Morgan fingerprint density at radius 1 is 0.900 bits per heavy atom. The molecule has 2 aromatic carbocycles. The van der Waals surface area contributed by atoms with Crippen LogP contribution in [0.1, 0.15) is 24.0 Å². The van der Waals surface area contributed by atoms with Crippen molar-refractivity contribution in [1.29, 1.82) is 0 Å². The van der Waals surface area contributed by atoms with Gasteiger partial charge in [-0.05, 0) is 37.5 Å². The molecule has 0 spiro atoms. The predicted octanol–water partition coefficient (Wildman–Crippen LogP) is 2.58. The molecule has 4 rings (SSSR count). The molecule has 2 heterocycles. The van der Waals surface area contributed by atoms with Crippen molar-refractivity contribution >= 4 is 15.9 Å². The van der Waals surface area contributed by atoms with Crippen LogP contribution in [-0.2, 0) is 25.0 Å². The van der Waals surface area contributed by atoms with Crippen LogP contribution in [0.15, 0.2) is 59.5 Å². The van der Waals surface area contributed by atoms with Crippen molar-refractivity contribution in [1.82, 2.24) is 9.21 Å². The van der Waals surface area contributed by atoms with E-state index in [0.29, 0.717) is 57.1 Å². The Hall–Kier alpha value is -2.22. The Bertz CT molecular complexity index is 976. The van der Waals surface area contributed by atoms with Crippen molar-refractivity contribution in [2.24, 2.45) is 0 Å². The monoisotopic (exact) mass is 428 g/mol. The first-order valence-corrected chi connectivity index (χ1v) is 11.9. The SMILES string of the molecule is Cc1ccc(S(=O)(=O)N2CCN(C(=O)C3(c4ccccc4)CCOCC3)CC2)cc1. The maximum Gasteiger partial charge on any atom is 0.243 e. The summed E-state index contributed by atoms with van der Waals surface area (Å²) >= 11 is 0. The number of ether oxygens (including phenoxy) is 1. The zero-order chi connectivity index (χ0) is 21.2. The second kappa shape index (κ2) is 8.49.